The van der Waals surface area contributed by atoms with Crippen LogP contribution in [0.1, 0.15) is 34.2 Å². The van der Waals surface area contributed by atoms with Crippen molar-refractivity contribution < 1.29 is 19.0 Å². The number of carbonyl (C=O) groups excluding carboxylic acids is 1. The lowest BCUT2D eigenvalue weighted by atomic mass is 10.0. The summed E-state index contributed by atoms with van der Waals surface area (Å²) in [6.45, 7) is 6.07. The summed E-state index contributed by atoms with van der Waals surface area (Å²) in [5.41, 5.74) is 5.33. The van der Waals surface area contributed by atoms with Gasteiger partial charge in [0.1, 0.15) is 19.3 Å². The summed E-state index contributed by atoms with van der Waals surface area (Å²) in [5, 5.41) is 0. The number of hydrogen-bond donors (Lipinski definition) is 0. The van der Waals surface area contributed by atoms with E-state index in [2.05, 4.69) is 35.7 Å². The molecule has 0 spiro atoms. The Bertz CT molecular complexity index is 1580. The van der Waals surface area contributed by atoms with Crippen molar-refractivity contribution in [2.24, 2.45) is 0 Å². The van der Waals surface area contributed by atoms with E-state index in [0.29, 0.717) is 57.3 Å². The summed E-state index contributed by atoms with van der Waals surface area (Å²) in [4.78, 5) is 16.0. The molecule has 234 valence electrons. The molecule has 0 amide bonds. The van der Waals surface area contributed by atoms with Gasteiger partial charge in [-0.05, 0) is 52.8 Å². The summed E-state index contributed by atoms with van der Waals surface area (Å²) in [6, 6.07) is 46.0. The van der Waals surface area contributed by atoms with Gasteiger partial charge in [-0.25, -0.2) is 0 Å². The number of benzene rings is 5. The fourth-order valence-corrected chi connectivity index (χ4v) is 5.22. The molecule has 1 atom stereocenters. The number of ether oxygens (including phenoxy) is 3. The highest BCUT2D eigenvalue weighted by atomic mass is 16.5. The molecule has 0 saturated heterocycles. The molecule has 0 saturated carbocycles. The second-order valence-electron chi connectivity index (χ2n) is 11.2. The third-order valence-corrected chi connectivity index (χ3v) is 7.65. The molecule has 0 aliphatic heterocycles. The lowest BCUT2D eigenvalue weighted by molar-refractivity contribution is -0.150. The molecule has 0 fully saturated rings. The Morgan fingerprint density at radius 3 is 1.59 bits per heavy atom. The molecule has 5 aromatic rings. The van der Waals surface area contributed by atoms with Gasteiger partial charge >= 0.3 is 5.97 Å². The SMILES string of the molecule is C=CCCOC(=O)[C@H](Cc1ccc(OCc2ccccc2)c(OCc2ccccc2)c1)N(Cc1ccccc1)Cc1ccccc1. The van der Waals surface area contributed by atoms with E-state index in [1.807, 2.05) is 115 Å². The average molecular weight is 612 g/mol. The fourth-order valence-electron chi connectivity index (χ4n) is 5.22. The molecule has 0 N–H and O–H groups in total. The molecule has 0 radical (unpaired) electrons. The van der Waals surface area contributed by atoms with E-state index < -0.39 is 6.04 Å². The topological polar surface area (TPSA) is 48.0 Å². The van der Waals surface area contributed by atoms with Gasteiger partial charge < -0.3 is 14.2 Å². The number of nitrogens with zero attached hydrogens (tertiary/aromatic N) is 1. The smallest absolute Gasteiger partial charge is 0.323 e. The zero-order valence-corrected chi connectivity index (χ0v) is 26.2. The van der Waals surface area contributed by atoms with Gasteiger partial charge in [0.25, 0.3) is 0 Å². The van der Waals surface area contributed by atoms with Gasteiger partial charge in [-0.15, -0.1) is 6.58 Å². The lowest BCUT2D eigenvalue weighted by Crippen LogP contribution is -2.43. The quantitative estimate of drug-likeness (QED) is 0.0599. The van der Waals surface area contributed by atoms with Crippen molar-refractivity contribution in [1.29, 1.82) is 0 Å². The molecule has 5 heteroatoms. The molecule has 5 nitrogen and oxygen atoms in total. The zero-order chi connectivity index (χ0) is 31.8. The van der Waals surface area contributed by atoms with Crippen LogP contribution >= 0.6 is 0 Å². The third kappa shape index (κ3) is 9.94. The minimum Gasteiger partial charge on any atom is -0.485 e. The van der Waals surface area contributed by atoms with Crippen molar-refractivity contribution >= 4 is 5.97 Å². The monoisotopic (exact) mass is 611 g/mol. The average Bonchev–Trinajstić information content (AvgIpc) is 3.11. The van der Waals surface area contributed by atoms with Crippen molar-refractivity contribution in [2.45, 2.75) is 45.2 Å². The number of rotatable bonds is 17. The highest BCUT2D eigenvalue weighted by molar-refractivity contribution is 5.76. The van der Waals surface area contributed by atoms with Crippen LogP contribution in [0.4, 0.5) is 0 Å². The Morgan fingerprint density at radius 2 is 1.09 bits per heavy atom. The maximum Gasteiger partial charge on any atom is 0.323 e. The number of hydrogen-bond acceptors (Lipinski definition) is 5. The van der Waals surface area contributed by atoms with E-state index in [4.69, 9.17) is 14.2 Å². The van der Waals surface area contributed by atoms with Gasteiger partial charge in [0, 0.05) is 13.1 Å². The van der Waals surface area contributed by atoms with Crippen LogP contribution in [-0.4, -0.2) is 23.5 Å². The van der Waals surface area contributed by atoms with E-state index in [9.17, 15) is 4.79 Å². The van der Waals surface area contributed by atoms with Gasteiger partial charge in [-0.2, -0.15) is 0 Å². The maximum absolute atomic E-state index is 13.8. The summed E-state index contributed by atoms with van der Waals surface area (Å²) < 4.78 is 18.4. The largest absolute Gasteiger partial charge is 0.485 e. The van der Waals surface area contributed by atoms with Crippen molar-refractivity contribution in [3.63, 3.8) is 0 Å². The molecule has 5 aromatic carbocycles. The standard InChI is InChI=1S/C41H41NO4/c1-2-3-26-44-41(43)38(42(29-33-16-8-4-9-17-33)30-34-18-10-5-11-19-34)27-37-24-25-39(45-31-35-20-12-6-13-21-35)40(28-37)46-32-36-22-14-7-15-23-36/h2,4-25,28,38H,1,3,26-27,29-32H2/t38-/m0/s1. The first kappa shape index (κ1) is 32.3. The third-order valence-electron chi connectivity index (χ3n) is 7.65. The van der Waals surface area contributed by atoms with Gasteiger partial charge in [-0.1, -0.05) is 133 Å². The van der Waals surface area contributed by atoms with E-state index in [-0.39, 0.29) is 5.97 Å². The van der Waals surface area contributed by atoms with Crippen LogP contribution in [-0.2, 0) is 42.3 Å². The lowest BCUT2D eigenvalue weighted by Gasteiger charge is -2.31. The molecule has 5 rings (SSSR count). The first-order valence-electron chi connectivity index (χ1n) is 15.7. The van der Waals surface area contributed by atoms with Gasteiger partial charge in [0.05, 0.1) is 6.61 Å². The summed E-state index contributed by atoms with van der Waals surface area (Å²) in [5.74, 6) is 1.03. The van der Waals surface area contributed by atoms with E-state index >= 15 is 0 Å². The molecule has 0 aliphatic rings. The summed E-state index contributed by atoms with van der Waals surface area (Å²) in [6.07, 6.45) is 2.80. The van der Waals surface area contributed by atoms with E-state index in [0.717, 1.165) is 27.8 Å². The molecular formula is C41H41NO4. The number of carbonyl (C=O) groups is 1. The van der Waals surface area contributed by atoms with Crippen LogP contribution in [0.2, 0.25) is 0 Å². The van der Waals surface area contributed by atoms with Crippen LogP contribution in [0.25, 0.3) is 0 Å². The zero-order valence-electron chi connectivity index (χ0n) is 26.2. The maximum atomic E-state index is 13.8. The predicted molar refractivity (Wildman–Crippen MR) is 183 cm³/mol. The normalized spacial score (nSPS) is 11.5. The van der Waals surface area contributed by atoms with E-state index in [1.165, 1.54) is 0 Å². The molecule has 0 aliphatic carbocycles. The Labute approximate surface area is 272 Å². The Morgan fingerprint density at radius 1 is 0.609 bits per heavy atom. The Balaban J connectivity index is 1.44. The second kappa shape index (κ2) is 17.4. The second-order valence-corrected chi connectivity index (χ2v) is 11.2. The minimum atomic E-state index is -0.539. The highest BCUT2D eigenvalue weighted by Crippen LogP contribution is 2.31. The molecule has 0 heterocycles. The van der Waals surface area contributed by atoms with Gasteiger partial charge in [0.15, 0.2) is 11.5 Å². The van der Waals surface area contributed by atoms with Crippen molar-refractivity contribution in [3.8, 4) is 11.5 Å². The molecular weight excluding hydrogens is 570 g/mol. The van der Waals surface area contributed by atoms with Crippen molar-refractivity contribution in [1.82, 2.24) is 4.90 Å². The first-order chi connectivity index (χ1) is 22.7. The van der Waals surface area contributed by atoms with Crippen LogP contribution in [0.5, 0.6) is 11.5 Å². The predicted octanol–water partition coefficient (Wildman–Crippen LogP) is 8.58. The molecule has 46 heavy (non-hydrogen) atoms. The van der Waals surface area contributed by atoms with Gasteiger partial charge in [0.2, 0.25) is 0 Å². The molecule has 0 aromatic heterocycles. The molecule has 0 unspecified atom stereocenters. The number of esters is 1. The van der Waals surface area contributed by atoms with Crippen LogP contribution in [0.15, 0.2) is 152 Å². The van der Waals surface area contributed by atoms with E-state index in [1.54, 1.807) is 6.08 Å². The van der Waals surface area contributed by atoms with Crippen LogP contribution in [0, 0.1) is 0 Å². The Kier molecular flexibility index (Phi) is 12.2. The van der Waals surface area contributed by atoms with Gasteiger partial charge in [-0.3, -0.25) is 9.69 Å². The first-order valence-corrected chi connectivity index (χ1v) is 15.7. The fraction of sp³-hybridized carbons (Fsp3) is 0.195. The molecule has 0 bridgehead atoms. The summed E-state index contributed by atoms with van der Waals surface area (Å²) >= 11 is 0. The van der Waals surface area contributed by atoms with Crippen LogP contribution < -0.4 is 9.47 Å². The summed E-state index contributed by atoms with van der Waals surface area (Å²) in [7, 11) is 0. The van der Waals surface area contributed by atoms with Crippen molar-refractivity contribution in [3.05, 3.63) is 180 Å². The highest BCUT2D eigenvalue weighted by Gasteiger charge is 2.29. The minimum absolute atomic E-state index is 0.259. The Hall–Kier alpha value is -5.13. The van der Waals surface area contributed by atoms with Crippen LogP contribution in [0.3, 0.4) is 0 Å². The van der Waals surface area contributed by atoms with Crippen molar-refractivity contribution in [2.75, 3.05) is 6.61 Å².